The molecule has 1 aliphatic carbocycles. The summed E-state index contributed by atoms with van der Waals surface area (Å²) in [6, 6.07) is 7.81. The Morgan fingerprint density at radius 1 is 1.20 bits per heavy atom. The van der Waals surface area contributed by atoms with Crippen molar-refractivity contribution < 1.29 is 9.32 Å². The summed E-state index contributed by atoms with van der Waals surface area (Å²) in [5, 5.41) is 7.39. The van der Waals surface area contributed by atoms with Crippen LogP contribution in [0.5, 0.6) is 0 Å². The summed E-state index contributed by atoms with van der Waals surface area (Å²) in [7, 11) is 0. The average Bonchev–Trinajstić information content (AvgIpc) is 3.43. The predicted molar refractivity (Wildman–Crippen MR) is 110 cm³/mol. The van der Waals surface area contributed by atoms with Crippen molar-refractivity contribution in [1.29, 1.82) is 0 Å². The highest BCUT2D eigenvalue weighted by Crippen LogP contribution is 2.32. The Labute approximate surface area is 175 Å². The molecule has 0 saturated heterocycles. The summed E-state index contributed by atoms with van der Waals surface area (Å²) in [5.74, 6) is 0.975. The van der Waals surface area contributed by atoms with Gasteiger partial charge in [-0.15, -0.1) is 0 Å². The highest BCUT2D eigenvalue weighted by molar-refractivity contribution is 5.75. The average molecular weight is 406 g/mol. The van der Waals surface area contributed by atoms with Crippen LogP contribution in [0.25, 0.3) is 11.4 Å². The number of nitrogens with one attached hydrogen (secondary N) is 2. The lowest BCUT2D eigenvalue weighted by atomic mass is 9.95. The van der Waals surface area contributed by atoms with E-state index in [9.17, 15) is 4.79 Å². The highest BCUT2D eigenvalue weighted by Gasteiger charge is 2.36. The van der Waals surface area contributed by atoms with Gasteiger partial charge in [-0.05, 0) is 19.8 Å². The number of imidazole rings is 1. The molecule has 156 valence electrons. The van der Waals surface area contributed by atoms with Crippen molar-refractivity contribution in [2.45, 2.75) is 64.1 Å². The van der Waals surface area contributed by atoms with Crippen LogP contribution in [-0.2, 0) is 13.0 Å². The first-order valence-corrected chi connectivity index (χ1v) is 10.7. The molecule has 0 unspecified atom stereocenters. The number of carbonyl (C=O) groups is 1. The Morgan fingerprint density at radius 3 is 2.80 bits per heavy atom. The fourth-order valence-corrected chi connectivity index (χ4v) is 4.36. The summed E-state index contributed by atoms with van der Waals surface area (Å²) in [6.07, 6.45) is 7.89. The Morgan fingerprint density at radius 2 is 2.00 bits per heavy atom. The second-order valence-electron chi connectivity index (χ2n) is 8.28. The molecule has 8 nitrogen and oxygen atoms in total. The largest absolute Gasteiger partial charge is 0.347 e. The molecule has 1 fully saturated rings. The number of amides is 2. The van der Waals surface area contributed by atoms with Crippen LogP contribution in [0.15, 0.2) is 35.1 Å². The van der Waals surface area contributed by atoms with Gasteiger partial charge in [0.05, 0.1) is 24.3 Å². The van der Waals surface area contributed by atoms with Gasteiger partial charge in [-0.2, -0.15) is 4.98 Å². The van der Waals surface area contributed by atoms with Gasteiger partial charge in [0.1, 0.15) is 6.04 Å². The third-order valence-corrected chi connectivity index (χ3v) is 6.13. The molecule has 3 heterocycles. The number of rotatable bonds is 3. The van der Waals surface area contributed by atoms with Gasteiger partial charge in [-0.25, -0.2) is 9.78 Å². The van der Waals surface area contributed by atoms with E-state index in [2.05, 4.69) is 25.4 Å². The molecule has 30 heavy (non-hydrogen) atoms. The number of nitrogens with zero attached hydrogens (tertiary/aromatic N) is 4. The van der Waals surface area contributed by atoms with E-state index in [4.69, 9.17) is 4.52 Å². The Balaban J connectivity index is 1.41. The Bertz CT molecular complexity index is 1020. The zero-order valence-electron chi connectivity index (χ0n) is 17.1. The minimum Gasteiger partial charge on any atom is -0.347 e. The third-order valence-electron chi connectivity index (χ3n) is 6.13. The minimum atomic E-state index is -0.337. The molecule has 2 N–H and O–H groups in total. The number of urea groups is 1. The SMILES string of the molecule is Cc1ccc(-c2noc([C@@H]3Cc4nc[nH]c4CN3C(=O)NC3CCCCC3)n2)cc1. The van der Waals surface area contributed by atoms with Crippen LogP contribution in [0.3, 0.4) is 0 Å². The molecule has 1 saturated carbocycles. The number of fused-ring (bicyclic) bond motifs is 1. The van der Waals surface area contributed by atoms with Crippen LogP contribution in [0.1, 0.15) is 61.0 Å². The van der Waals surface area contributed by atoms with E-state index in [1.54, 1.807) is 11.2 Å². The first kappa shape index (κ1) is 18.8. The topological polar surface area (TPSA) is 99.9 Å². The van der Waals surface area contributed by atoms with Gasteiger partial charge in [0.2, 0.25) is 11.7 Å². The predicted octanol–water partition coefficient (Wildman–Crippen LogP) is 3.91. The number of benzene rings is 1. The number of aromatic amines is 1. The maximum Gasteiger partial charge on any atom is 0.318 e. The smallest absolute Gasteiger partial charge is 0.318 e. The van der Waals surface area contributed by atoms with Gasteiger partial charge < -0.3 is 19.7 Å². The van der Waals surface area contributed by atoms with Crippen LogP contribution in [0, 0.1) is 6.92 Å². The minimum absolute atomic E-state index is 0.0813. The van der Waals surface area contributed by atoms with E-state index in [1.165, 1.54) is 24.8 Å². The van der Waals surface area contributed by atoms with Gasteiger partial charge >= 0.3 is 6.03 Å². The molecule has 5 rings (SSSR count). The summed E-state index contributed by atoms with van der Waals surface area (Å²) in [4.78, 5) is 27.2. The van der Waals surface area contributed by atoms with E-state index >= 15 is 0 Å². The maximum absolute atomic E-state index is 13.2. The first-order valence-electron chi connectivity index (χ1n) is 10.7. The van der Waals surface area contributed by atoms with Gasteiger partial charge in [0.15, 0.2) is 0 Å². The van der Waals surface area contributed by atoms with E-state index in [0.29, 0.717) is 24.7 Å². The number of carbonyl (C=O) groups excluding carboxylic acids is 1. The lowest BCUT2D eigenvalue weighted by Gasteiger charge is -2.34. The zero-order valence-corrected chi connectivity index (χ0v) is 17.1. The van der Waals surface area contributed by atoms with Crippen LogP contribution in [-0.4, -0.2) is 37.1 Å². The maximum atomic E-state index is 13.2. The summed E-state index contributed by atoms with van der Waals surface area (Å²) < 4.78 is 5.63. The molecule has 2 aliphatic rings. The van der Waals surface area contributed by atoms with Crippen LogP contribution in [0.2, 0.25) is 0 Å². The van der Waals surface area contributed by atoms with E-state index < -0.39 is 0 Å². The van der Waals surface area contributed by atoms with Crippen molar-refractivity contribution in [3.8, 4) is 11.4 Å². The van der Waals surface area contributed by atoms with Crippen molar-refractivity contribution in [1.82, 2.24) is 30.3 Å². The highest BCUT2D eigenvalue weighted by atomic mass is 16.5. The number of hydrogen-bond acceptors (Lipinski definition) is 5. The second-order valence-corrected chi connectivity index (χ2v) is 8.28. The van der Waals surface area contributed by atoms with Crippen molar-refractivity contribution in [2.24, 2.45) is 0 Å². The van der Waals surface area contributed by atoms with Crippen LogP contribution < -0.4 is 5.32 Å². The lowest BCUT2D eigenvalue weighted by Crippen LogP contribution is -2.48. The molecule has 2 amide bonds. The second kappa shape index (κ2) is 7.93. The molecule has 0 radical (unpaired) electrons. The van der Waals surface area contributed by atoms with Crippen molar-refractivity contribution in [3.63, 3.8) is 0 Å². The zero-order chi connectivity index (χ0) is 20.5. The molecule has 1 aromatic carbocycles. The monoisotopic (exact) mass is 406 g/mol. The lowest BCUT2D eigenvalue weighted by molar-refractivity contribution is 0.138. The fraction of sp³-hybridized carbons (Fsp3) is 0.455. The van der Waals surface area contributed by atoms with E-state index in [1.807, 2.05) is 31.2 Å². The van der Waals surface area contributed by atoms with Gasteiger partial charge in [0, 0.05) is 18.0 Å². The van der Waals surface area contributed by atoms with Crippen LogP contribution >= 0.6 is 0 Å². The first-order chi connectivity index (χ1) is 14.7. The molecular weight excluding hydrogens is 380 g/mol. The van der Waals surface area contributed by atoms with E-state index in [-0.39, 0.29) is 18.1 Å². The standard InChI is InChI=1S/C22H26N6O2/c1-14-7-9-15(10-8-14)20-26-21(30-27-20)19-11-17-18(24-13-23-17)12-28(19)22(29)25-16-5-3-2-4-6-16/h7-10,13,16,19H,2-6,11-12H2,1H3,(H,23,24)(H,25,29)/t19-/m0/s1. The number of aromatic nitrogens is 4. The van der Waals surface area contributed by atoms with Gasteiger partial charge in [0.25, 0.3) is 0 Å². The molecule has 8 heteroatoms. The summed E-state index contributed by atoms with van der Waals surface area (Å²) in [5.41, 5.74) is 3.97. The number of H-pyrrole nitrogens is 1. The van der Waals surface area contributed by atoms with Crippen molar-refractivity contribution in [2.75, 3.05) is 0 Å². The van der Waals surface area contributed by atoms with E-state index in [0.717, 1.165) is 29.8 Å². The normalized spacial score (nSPS) is 19.5. The molecule has 2 aromatic heterocycles. The Hall–Kier alpha value is -3.16. The van der Waals surface area contributed by atoms with Crippen molar-refractivity contribution in [3.05, 3.63) is 53.4 Å². The molecule has 0 bridgehead atoms. The fourth-order valence-electron chi connectivity index (χ4n) is 4.36. The molecular formula is C22H26N6O2. The van der Waals surface area contributed by atoms with Gasteiger partial charge in [-0.3, -0.25) is 0 Å². The quantitative estimate of drug-likeness (QED) is 0.687. The molecule has 1 aliphatic heterocycles. The molecule has 3 aromatic rings. The van der Waals surface area contributed by atoms with Crippen molar-refractivity contribution >= 4 is 6.03 Å². The number of aryl methyl sites for hydroxylation is 1. The van der Waals surface area contributed by atoms with Crippen LogP contribution in [0.4, 0.5) is 4.79 Å². The van der Waals surface area contributed by atoms with Gasteiger partial charge in [-0.1, -0.05) is 54.2 Å². The third kappa shape index (κ3) is 3.69. The summed E-state index contributed by atoms with van der Waals surface area (Å²) >= 11 is 0. The molecule has 0 spiro atoms. The summed E-state index contributed by atoms with van der Waals surface area (Å²) in [6.45, 7) is 2.48. The number of hydrogen-bond donors (Lipinski definition) is 2. The Kier molecular flexibility index (Phi) is 4.98. The molecule has 1 atom stereocenters.